The molecule has 1 saturated heterocycles. The summed E-state index contributed by atoms with van der Waals surface area (Å²) in [7, 11) is 1.64. The Morgan fingerprint density at radius 2 is 1.77 bits per heavy atom. The second-order valence-electron chi connectivity index (χ2n) is 7.61. The highest BCUT2D eigenvalue weighted by molar-refractivity contribution is 9.10. The fourth-order valence-corrected chi connectivity index (χ4v) is 4.27. The molecule has 6 heteroatoms. The lowest BCUT2D eigenvalue weighted by molar-refractivity contribution is 0.134. The number of hydrogen-bond donors (Lipinski definition) is 1. The normalized spacial score (nSPS) is 20.9. The standard InChI is InChI=1S/C20H27BrN4O/c1-14-8-15(2)12-25(11-14)13-17-6-4-16(5-7-17)9-22-18-10-23-24(3)20(26)19(18)21/h4-7,10,14-15,22H,8-9,11-13H2,1-3H3. The summed E-state index contributed by atoms with van der Waals surface area (Å²) < 4.78 is 1.83. The number of nitrogens with zero attached hydrogens (tertiary/aromatic N) is 3. The fraction of sp³-hybridized carbons (Fsp3) is 0.500. The van der Waals surface area contributed by atoms with Gasteiger partial charge in [0, 0.05) is 33.2 Å². The van der Waals surface area contributed by atoms with E-state index in [1.54, 1.807) is 13.2 Å². The van der Waals surface area contributed by atoms with Crippen LogP contribution in [0.2, 0.25) is 0 Å². The number of benzene rings is 1. The molecule has 0 bridgehead atoms. The summed E-state index contributed by atoms with van der Waals surface area (Å²) in [5, 5.41) is 7.33. The maximum absolute atomic E-state index is 11.9. The summed E-state index contributed by atoms with van der Waals surface area (Å²) in [5.74, 6) is 1.57. The Balaban J connectivity index is 1.58. The molecule has 5 nitrogen and oxygen atoms in total. The minimum atomic E-state index is -0.143. The van der Waals surface area contributed by atoms with E-state index in [9.17, 15) is 4.79 Å². The number of aryl methyl sites for hydroxylation is 1. The Kier molecular flexibility index (Phi) is 6.14. The topological polar surface area (TPSA) is 50.2 Å². The smallest absolute Gasteiger partial charge is 0.282 e. The Morgan fingerprint density at radius 3 is 2.42 bits per heavy atom. The number of piperidine rings is 1. The van der Waals surface area contributed by atoms with Gasteiger partial charge < -0.3 is 5.32 Å². The molecule has 1 aliphatic heterocycles. The molecule has 0 radical (unpaired) electrons. The quantitative estimate of drug-likeness (QED) is 0.804. The first-order valence-electron chi connectivity index (χ1n) is 9.18. The van der Waals surface area contributed by atoms with Gasteiger partial charge in [-0.3, -0.25) is 9.69 Å². The molecule has 2 aromatic rings. The van der Waals surface area contributed by atoms with Crippen molar-refractivity contribution >= 4 is 21.6 Å². The number of anilines is 1. The van der Waals surface area contributed by atoms with Gasteiger partial charge in [0.25, 0.3) is 5.56 Å². The van der Waals surface area contributed by atoms with Gasteiger partial charge in [-0.15, -0.1) is 0 Å². The predicted molar refractivity (Wildman–Crippen MR) is 109 cm³/mol. The lowest BCUT2D eigenvalue weighted by Crippen LogP contribution is -2.38. The van der Waals surface area contributed by atoms with Crippen LogP contribution in [0, 0.1) is 11.8 Å². The number of aromatic nitrogens is 2. The molecule has 2 heterocycles. The second kappa shape index (κ2) is 8.35. The molecule has 2 atom stereocenters. The van der Waals surface area contributed by atoms with Crippen LogP contribution in [0.25, 0.3) is 0 Å². The molecule has 0 saturated carbocycles. The van der Waals surface area contributed by atoms with Crippen LogP contribution >= 0.6 is 15.9 Å². The molecule has 1 aliphatic rings. The molecule has 3 rings (SSSR count). The predicted octanol–water partition coefficient (Wildman–Crippen LogP) is 3.63. The van der Waals surface area contributed by atoms with Crippen molar-refractivity contribution in [3.8, 4) is 0 Å². The minimum Gasteiger partial charge on any atom is -0.379 e. The molecule has 1 aromatic carbocycles. The highest BCUT2D eigenvalue weighted by atomic mass is 79.9. The van der Waals surface area contributed by atoms with E-state index >= 15 is 0 Å². The number of rotatable bonds is 5. The third kappa shape index (κ3) is 4.74. The molecule has 1 fully saturated rings. The minimum absolute atomic E-state index is 0.143. The van der Waals surface area contributed by atoms with Crippen LogP contribution in [-0.2, 0) is 20.1 Å². The molecule has 1 N–H and O–H groups in total. The maximum atomic E-state index is 11.9. The van der Waals surface area contributed by atoms with Crippen molar-refractivity contribution in [2.45, 2.75) is 33.4 Å². The van der Waals surface area contributed by atoms with Crippen LogP contribution in [0.4, 0.5) is 5.69 Å². The van der Waals surface area contributed by atoms with Gasteiger partial charge in [0.05, 0.1) is 11.9 Å². The van der Waals surface area contributed by atoms with Gasteiger partial charge in [-0.2, -0.15) is 5.10 Å². The molecule has 0 aliphatic carbocycles. The second-order valence-corrected chi connectivity index (χ2v) is 8.40. The lowest BCUT2D eigenvalue weighted by Gasteiger charge is -2.35. The molecule has 0 spiro atoms. The molecule has 2 unspecified atom stereocenters. The van der Waals surface area contributed by atoms with Gasteiger partial charge >= 0.3 is 0 Å². The zero-order valence-electron chi connectivity index (χ0n) is 15.7. The molecular weight excluding hydrogens is 392 g/mol. The van der Waals surface area contributed by atoms with E-state index in [4.69, 9.17) is 0 Å². The number of hydrogen-bond acceptors (Lipinski definition) is 4. The van der Waals surface area contributed by atoms with Gasteiger partial charge in [0.15, 0.2) is 0 Å². The van der Waals surface area contributed by atoms with Crippen molar-refractivity contribution < 1.29 is 0 Å². The van der Waals surface area contributed by atoms with Gasteiger partial charge in [0.1, 0.15) is 4.47 Å². The zero-order valence-corrected chi connectivity index (χ0v) is 17.3. The number of nitrogens with one attached hydrogen (secondary N) is 1. The summed E-state index contributed by atoms with van der Waals surface area (Å²) in [6.07, 6.45) is 3.01. The first-order valence-corrected chi connectivity index (χ1v) is 9.97. The highest BCUT2D eigenvalue weighted by Gasteiger charge is 2.21. The van der Waals surface area contributed by atoms with Crippen molar-refractivity contribution in [2.75, 3.05) is 18.4 Å². The van der Waals surface area contributed by atoms with Crippen molar-refractivity contribution in [1.82, 2.24) is 14.7 Å². The van der Waals surface area contributed by atoms with E-state index in [0.717, 1.165) is 18.4 Å². The van der Waals surface area contributed by atoms with Crippen molar-refractivity contribution in [2.24, 2.45) is 18.9 Å². The molecule has 26 heavy (non-hydrogen) atoms. The summed E-state index contributed by atoms with van der Waals surface area (Å²) >= 11 is 3.34. The van der Waals surface area contributed by atoms with Crippen LogP contribution < -0.4 is 10.9 Å². The van der Waals surface area contributed by atoms with Crippen LogP contribution in [0.3, 0.4) is 0 Å². The average molecular weight is 419 g/mol. The highest BCUT2D eigenvalue weighted by Crippen LogP contribution is 2.23. The van der Waals surface area contributed by atoms with E-state index in [2.05, 4.69) is 69.4 Å². The number of likely N-dealkylation sites (tertiary alicyclic amines) is 1. The summed E-state index contributed by atoms with van der Waals surface area (Å²) in [4.78, 5) is 14.5. The maximum Gasteiger partial charge on any atom is 0.282 e. The average Bonchev–Trinajstić information content (AvgIpc) is 2.59. The van der Waals surface area contributed by atoms with Crippen molar-refractivity contribution in [3.63, 3.8) is 0 Å². The van der Waals surface area contributed by atoms with Gasteiger partial charge in [-0.1, -0.05) is 38.1 Å². The largest absolute Gasteiger partial charge is 0.379 e. The molecular formula is C20H27BrN4O. The Hall–Kier alpha value is -1.66. The summed E-state index contributed by atoms with van der Waals surface area (Å²) in [5.41, 5.74) is 3.11. The first kappa shape index (κ1) is 19.1. The zero-order chi connectivity index (χ0) is 18.7. The third-order valence-electron chi connectivity index (χ3n) is 4.93. The molecule has 140 valence electrons. The van der Waals surface area contributed by atoms with E-state index in [1.807, 2.05) is 0 Å². The summed E-state index contributed by atoms with van der Waals surface area (Å²) in [6, 6.07) is 8.72. The number of halogens is 1. The monoisotopic (exact) mass is 418 g/mol. The molecule has 1 aromatic heterocycles. The molecule has 0 amide bonds. The SMILES string of the molecule is CC1CC(C)CN(Cc2ccc(CNc3cnn(C)c(=O)c3Br)cc2)C1. The van der Waals surface area contributed by atoms with Crippen molar-refractivity contribution in [1.29, 1.82) is 0 Å². The fourth-order valence-electron chi connectivity index (χ4n) is 3.77. The Morgan fingerprint density at radius 1 is 1.15 bits per heavy atom. The van der Waals surface area contributed by atoms with Gasteiger partial charge in [0.2, 0.25) is 0 Å². The van der Waals surface area contributed by atoms with Crippen LogP contribution in [0.5, 0.6) is 0 Å². The van der Waals surface area contributed by atoms with Gasteiger partial charge in [-0.25, -0.2) is 4.68 Å². The van der Waals surface area contributed by atoms with E-state index < -0.39 is 0 Å². The van der Waals surface area contributed by atoms with Crippen LogP contribution in [0.15, 0.2) is 39.7 Å². The van der Waals surface area contributed by atoms with E-state index in [0.29, 0.717) is 16.7 Å². The first-order chi connectivity index (χ1) is 12.4. The van der Waals surface area contributed by atoms with E-state index in [1.165, 1.54) is 35.3 Å². The van der Waals surface area contributed by atoms with E-state index in [-0.39, 0.29) is 5.56 Å². The third-order valence-corrected chi connectivity index (χ3v) is 5.70. The van der Waals surface area contributed by atoms with Crippen molar-refractivity contribution in [3.05, 3.63) is 56.4 Å². The van der Waals surface area contributed by atoms with Crippen LogP contribution in [-0.4, -0.2) is 27.8 Å². The Labute approximate surface area is 163 Å². The Bertz CT molecular complexity index is 792. The summed E-state index contributed by atoms with van der Waals surface area (Å²) in [6.45, 7) is 8.76. The van der Waals surface area contributed by atoms with Gasteiger partial charge in [-0.05, 0) is 45.3 Å². The lowest BCUT2D eigenvalue weighted by atomic mass is 9.91. The van der Waals surface area contributed by atoms with Crippen LogP contribution in [0.1, 0.15) is 31.4 Å².